The number of Topliss-reactive ketones (excluding diaryl/α,β-unsaturated/α-hetero) is 2. The molecule has 0 bridgehead atoms. The van der Waals surface area contributed by atoms with E-state index in [9.17, 15) is 9.59 Å². The van der Waals surface area contributed by atoms with Gasteiger partial charge in [-0.1, -0.05) is 0 Å². The first kappa shape index (κ1) is 12.8. The fraction of sp³-hybridized carbons (Fsp3) is 0.429. The number of rotatable bonds is 4. The van der Waals surface area contributed by atoms with Gasteiger partial charge >= 0.3 is 0 Å². The number of benzene rings is 1. The predicted octanol–water partition coefficient (Wildman–Crippen LogP) is 1.87. The molecule has 4 heteroatoms. The molecule has 1 saturated heterocycles. The Morgan fingerprint density at radius 2 is 2.11 bits per heavy atom. The molecule has 0 amide bonds. The molecule has 0 aromatic heterocycles. The van der Waals surface area contributed by atoms with Gasteiger partial charge in [0.15, 0.2) is 5.78 Å². The predicted molar refractivity (Wildman–Crippen MR) is 65.9 cm³/mol. The van der Waals surface area contributed by atoms with E-state index < -0.39 is 5.92 Å². The van der Waals surface area contributed by atoms with E-state index in [1.54, 1.807) is 24.3 Å². The molecular weight excluding hydrogens is 232 g/mol. The van der Waals surface area contributed by atoms with Crippen LogP contribution in [0, 0.1) is 5.92 Å². The van der Waals surface area contributed by atoms with Crippen molar-refractivity contribution in [2.24, 2.45) is 5.92 Å². The maximum atomic E-state index is 12.1. The second kappa shape index (κ2) is 5.78. The van der Waals surface area contributed by atoms with Crippen molar-refractivity contribution < 1.29 is 19.1 Å². The van der Waals surface area contributed by atoms with Crippen molar-refractivity contribution in [1.29, 1.82) is 0 Å². The zero-order valence-corrected chi connectivity index (χ0v) is 10.3. The van der Waals surface area contributed by atoms with E-state index in [-0.39, 0.29) is 18.2 Å². The number of hydrogen-bond acceptors (Lipinski definition) is 4. The second-order valence-electron chi connectivity index (χ2n) is 4.17. The molecule has 18 heavy (non-hydrogen) atoms. The smallest absolute Gasteiger partial charge is 0.175 e. The Labute approximate surface area is 106 Å². The summed E-state index contributed by atoms with van der Waals surface area (Å²) < 4.78 is 10.5. The minimum absolute atomic E-state index is 0.0277. The van der Waals surface area contributed by atoms with Crippen molar-refractivity contribution in [2.45, 2.75) is 13.3 Å². The second-order valence-corrected chi connectivity index (χ2v) is 4.17. The Hall–Kier alpha value is -1.68. The van der Waals surface area contributed by atoms with Crippen LogP contribution in [0.4, 0.5) is 0 Å². The van der Waals surface area contributed by atoms with Crippen molar-refractivity contribution in [1.82, 2.24) is 0 Å². The minimum atomic E-state index is -0.642. The third-order valence-electron chi connectivity index (χ3n) is 2.93. The Bertz CT molecular complexity index is 436. The van der Waals surface area contributed by atoms with E-state index in [2.05, 4.69) is 0 Å². The monoisotopic (exact) mass is 248 g/mol. The molecule has 1 atom stereocenters. The summed E-state index contributed by atoms with van der Waals surface area (Å²) in [6, 6.07) is 6.86. The van der Waals surface area contributed by atoms with E-state index in [1.165, 1.54) is 0 Å². The van der Waals surface area contributed by atoms with E-state index in [4.69, 9.17) is 9.47 Å². The van der Waals surface area contributed by atoms with Gasteiger partial charge in [0.25, 0.3) is 0 Å². The van der Waals surface area contributed by atoms with Crippen LogP contribution in [-0.4, -0.2) is 31.4 Å². The Morgan fingerprint density at radius 1 is 1.39 bits per heavy atom. The highest BCUT2D eigenvalue weighted by atomic mass is 16.5. The molecular formula is C14H16O4. The van der Waals surface area contributed by atoms with Crippen LogP contribution < -0.4 is 4.74 Å². The van der Waals surface area contributed by atoms with E-state index >= 15 is 0 Å². The number of ether oxygens (including phenoxy) is 2. The van der Waals surface area contributed by atoms with Gasteiger partial charge in [-0.3, -0.25) is 9.59 Å². The molecule has 0 spiro atoms. The summed E-state index contributed by atoms with van der Waals surface area (Å²) in [7, 11) is 0. The summed E-state index contributed by atoms with van der Waals surface area (Å²) in [4.78, 5) is 23.8. The lowest BCUT2D eigenvalue weighted by Gasteiger charge is -2.19. The van der Waals surface area contributed by atoms with Gasteiger partial charge in [0, 0.05) is 12.0 Å². The van der Waals surface area contributed by atoms with Crippen LogP contribution in [0.2, 0.25) is 0 Å². The van der Waals surface area contributed by atoms with Crippen LogP contribution in [0.25, 0.3) is 0 Å². The fourth-order valence-electron chi connectivity index (χ4n) is 1.95. The van der Waals surface area contributed by atoms with E-state index in [1.807, 2.05) is 6.92 Å². The summed E-state index contributed by atoms with van der Waals surface area (Å²) in [5.41, 5.74) is 0.530. The largest absolute Gasteiger partial charge is 0.494 e. The molecule has 1 aliphatic rings. The lowest BCUT2D eigenvalue weighted by molar-refractivity contribution is -0.128. The highest BCUT2D eigenvalue weighted by Crippen LogP contribution is 2.19. The maximum Gasteiger partial charge on any atom is 0.175 e. The number of hydrogen-bond donors (Lipinski definition) is 0. The molecule has 96 valence electrons. The summed E-state index contributed by atoms with van der Waals surface area (Å²) in [6.07, 6.45) is 0.327. The molecule has 1 aromatic carbocycles. The van der Waals surface area contributed by atoms with Crippen molar-refractivity contribution in [3.8, 4) is 5.75 Å². The Balaban J connectivity index is 2.10. The fourth-order valence-corrected chi connectivity index (χ4v) is 1.95. The van der Waals surface area contributed by atoms with Crippen molar-refractivity contribution in [2.75, 3.05) is 19.8 Å². The highest BCUT2D eigenvalue weighted by molar-refractivity contribution is 6.11. The van der Waals surface area contributed by atoms with Crippen molar-refractivity contribution in [3.63, 3.8) is 0 Å². The zero-order valence-electron chi connectivity index (χ0n) is 10.3. The molecule has 1 aliphatic heterocycles. The molecule has 0 saturated carbocycles. The van der Waals surface area contributed by atoms with Crippen LogP contribution in [0.3, 0.4) is 0 Å². The third kappa shape index (κ3) is 2.76. The molecule has 0 radical (unpaired) electrons. The third-order valence-corrected chi connectivity index (χ3v) is 2.93. The van der Waals surface area contributed by atoms with E-state index in [0.717, 1.165) is 5.75 Å². The first-order valence-corrected chi connectivity index (χ1v) is 6.10. The highest BCUT2D eigenvalue weighted by Gasteiger charge is 2.30. The quantitative estimate of drug-likeness (QED) is 0.603. The van der Waals surface area contributed by atoms with Gasteiger partial charge in [0.05, 0.1) is 19.8 Å². The van der Waals surface area contributed by atoms with E-state index in [0.29, 0.717) is 25.2 Å². The standard InChI is InChI=1S/C14H16O4/c1-2-18-11-5-3-10(4-6-11)14(16)12-9-17-8-7-13(12)15/h3-6,12H,2,7-9H2,1H3. The SMILES string of the molecule is CCOc1ccc(C(=O)C2COCCC2=O)cc1. The molecule has 1 heterocycles. The maximum absolute atomic E-state index is 12.1. The van der Waals surface area contributed by atoms with Crippen LogP contribution >= 0.6 is 0 Å². The molecule has 0 N–H and O–H groups in total. The van der Waals surface area contributed by atoms with Gasteiger partial charge in [-0.2, -0.15) is 0 Å². The number of carbonyl (C=O) groups excluding carboxylic acids is 2. The van der Waals surface area contributed by atoms with Crippen LogP contribution in [0.15, 0.2) is 24.3 Å². The molecule has 4 nitrogen and oxygen atoms in total. The van der Waals surface area contributed by atoms with Gasteiger partial charge in [0.2, 0.25) is 0 Å². The van der Waals surface area contributed by atoms with Gasteiger partial charge in [-0.15, -0.1) is 0 Å². The van der Waals surface area contributed by atoms with Crippen LogP contribution in [-0.2, 0) is 9.53 Å². The summed E-state index contributed by atoms with van der Waals surface area (Å²) in [5.74, 6) is -0.111. The molecule has 1 fully saturated rings. The lowest BCUT2D eigenvalue weighted by Crippen LogP contribution is -2.33. The summed E-state index contributed by atoms with van der Waals surface area (Å²) >= 11 is 0. The number of ketones is 2. The Kier molecular flexibility index (Phi) is 4.10. The van der Waals surface area contributed by atoms with Gasteiger partial charge < -0.3 is 9.47 Å². The lowest BCUT2D eigenvalue weighted by atomic mass is 9.91. The average Bonchev–Trinajstić information content (AvgIpc) is 2.40. The molecule has 1 aromatic rings. The molecule has 1 unspecified atom stereocenters. The van der Waals surface area contributed by atoms with Crippen LogP contribution in [0.5, 0.6) is 5.75 Å². The average molecular weight is 248 g/mol. The van der Waals surface area contributed by atoms with Gasteiger partial charge in [-0.25, -0.2) is 0 Å². The van der Waals surface area contributed by atoms with Crippen molar-refractivity contribution >= 4 is 11.6 Å². The number of carbonyl (C=O) groups is 2. The normalized spacial score (nSPS) is 19.6. The zero-order chi connectivity index (χ0) is 13.0. The topological polar surface area (TPSA) is 52.6 Å². The summed E-state index contributed by atoms with van der Waals surface area (Å²) in [5, 5.41) is 0. The first-order chi connectivity index (χ1) is 8.72. The van der Waals surface area contributed by atoms with Crippen LogP contribution in [0.1, 0.15) is 23.7 Å². The van der Waals surface area contributed by atoms with Gasteiger partial charge in [0.1, 0.15) is 17.5 Å². The Morgan fingerprint density at radius 3 is 2.72 bits per heavy atom. The van der Waals surface area contributed by atoms with Crippen molar-refractivity contribution in [3.05, 3.63) is 29.8 Å². The molecule has 0 aliphatic carbocycles. The summed E-state index contributed by atoms with van der Waals surface area (Å²) in [6.45, 7) is 3.11. The minimum Gasteiger partial charge on any atom is -0.494 e. The van der Waals surface area contributed by atoms with Gasteiger partial charge in [-0.05, 0) is 31.2 Å². The first-order valence-electron chi connectivity index (χ1n) is 6.10. The molecule has 2 rings (SSSR count).